The first-order valence-electron chi connectivity index (χ1n) is 4.89. The quantitative estimate of drug-likeness (QED) is 0.642. The van der Waals surface area contributed by atoms with Crippen LogP contribution in [0.1, 0.15) is 34.1 Å². The van der Waals surface area contributed by atoms with Gasteiger partial charge in [0, 0.05) is 12.6 Å². The molecule has 0 amide bonds. The van der Waals surface area contributed by atoms with Gasteiger partial charge in [-0.3, -0.25) is 0 Å². The molecule has 2 nitrogen and oxygen atoms in total. The zero-order valence-electron chi connectivity index (χ0n) is 9.30. The monoisotopic (exact) mass is 185 g/mol. The van der Waals surface area contributed by atoms with Crippen molar-refractivity contribution in [2.45, 2.75) is 46.3 Å². The van der Waals surface area contributed by atoms with Crippen LogP contribution in [-0.4, -0.2) is 23.8 Å². The molecule has 0 aromatic carbocycles. The number of aliphatic hydroxyl groups is 1. The van der Waals surface area contributed by atoms with Crippen molar-refractivity contribution < 1.29 is 5.11 Å². The summed E-state index contributed by atoms with van der Waals surface area (Å²) in [7, 11) is 0. The predicted octanol–water partition coefficient (Wildman–Crippen LogP) is 1.95. The SMILES string of the molecule is C=CC(C)NCC(O)CC(C)(C)C. The molecule has 0 saturated carbocycles. The zero-order valence-corrected chi connectivity index (χ0v) is 9.30. The molecule has 78 valence electrons. The lowest BCUT2D eigenvalue weighted by atomic mass is 9.89. The van der Waals surface area contributed by atoms with Gasteiger partial charge in [-0.2, -0.15) is 0 Å². The molecule has 2 heteroatoms. The van der Waals surface area contributed by atoms with Crippen molar-refractivity contribution in [3.8, 4) is 0 Å². The van der Waals surface area contributed by atoms with Crippen molar-refractivity contribution in [2.24, 2.45) is 5.41 Å². The molecule has 0 aromatic rings. The van der Waals surface area contributed by atoms with Crippen LogP contribution in [-0.2, 0) is 0 Å². The molecule has 0 spiro atoms. The minimum Gasteiger partial charge on any atom is -0.392 e. The van der Waals surface area contributed by atoms with Crippen LogP contribution in [0.2, 0.25) is 0 Å². The molecular weight excluding hydrogens is 162 g/mol. The number of nitrogens with one attached hydrogen (secondary N) is 1. The molecule has 0 aliphatic carbocycles. The van der Waals surface area contributed by atoms with Crippen molar-refractivity contribution in [3.63, 3.8) is 0 Å². The Labute approximate surface area is 82.0 Å². The van der Waals surface area contributed by atoms with Crippen LogP contribution in [0.3, 0.4) is 0 Å². The molecule has 2 N–H and O–H groups in total. The number of hydrogen-bond donors (Lipinski definition) is 2. The van der Waals surface area contributed by atoms with Gasteiger partial charge in [-0.05, 0) is 18.8 Å². The second-order valence-electron chi connectivity index (χ2n) is 4.85. The fourth-order valence-electron chi connectivity index (χ4n) is 1.18. The highest BCUT2D eigenvalue weighted by Gasteiger charge is 2.16. The lowest BCUT2D eigenvalue weighted by molar-refractivity contribution is 0.118. The van der Waals surface area contributed by atoms with Crippen LogP contribution in [0.25, 0.3) is 0 Å². The van der Waals surface area contributed by atoms with Crippen LogP contribution < -0.4 is 5.32 Å². The van der Waals surface area contributed by atoms with E-state index in [2.05, 4.69) is 32.7 Å². The predicted molar refractivity (Wildman–Crippen MR) is 57.7 cm³/mol. The fraction of sp³-hybridized carbons (Fsp3) is 0.818. The summed E-state index contributed by atoms with van der Waals surface area (Å²) in [6.45, 7) is 12.7. The average Bonchev–Trinajstić information content (AvgIpc) is 1.97. The Balaban J connectivity index is 3.63. The van der Waals surface area contributed by atoms with E-state index in [4.69, 9.17) is 0 Å². The fourth-order valence-corrected chi connectivity index (χ4v) is 1.18. The molecule has 0 saturated heterocycles. The van der Waals surface area contributed by atoms with E-state index in [1.807, 2.05) is 13.0 Å². The molecule has 0 aliphatic heterocycles. The van der Waals surface area contributed by atoms with Crippen molar-refractivity contribution in [3.05, 3.63) is 12.7 Å². The van der Waals surface area contributed by atoms with Gasteiger partial charge in [0.25, 0.3) is 0 Å². The van der Waals surface area contributed by atoms with Crippen molar-refractivity contribution >= 4 is 0 Å². The average molecular weight is 185 g/mol. The van der Waals surface area contributed by atoms with Gasteiger partial charge in [0.2, 0.25) is 0 Å². The Hall–Kier alpha value is -0.340. The third-order valence-corrected chi connectivity index (χ3v) is 1.88. The lowest BCUT2D eigenvalue weighted by Crippen LogP contribution is -2.34. The number of rotatable bonds is 5. The number of aliphatic hydroxyl groups excluding tert-OH is 1. The Bertz CT molecular complexity index is 149. The standard InChI is InChI=1S/C11H23NO/c1-6-9(2)12-8-10(13)7-11(3,4)5/h6,9-10,12-13H,1,7-8H2,2-5H3. The van der Waals surface area contributed by atoms with Gasteiger partial charge in [0.1, 0.15) is 0 Å². The topological polar surface area (TPSA) is 32.3 Å². The normalized spacial score (nSPS) is 16.7. The minimum atomic E-state index is -0.262. The van der Waals surface area contributed by atoms with Gasteiger partial charge in [-0.1, -0.05) is 26.8 Å². The summed E-state index contributed by atoms with van der Waals surface area (Å²) in [6.07, 6.45) is 2.40. The first-order chi connectivity index (χ1) is 5.85. The molecule has 2 unspecified atom stereocenters. The highest BCUT2D eigenvalue weighted by molar-refractivity contribution is 4.82. The second kappa shape index (κ2) is 5.40. The Morgan fingerprint density at radius 3 is 2.38 bits per heavy atom. The van der Waals surface area contributed by atoms with Crippen LogP contribution in [0.5, 0.6) is 0 Å². The number of hydrogen-bond acceptors (Lipinski definition) is 2. The molecule has 13 heavy (non-hydrogen) atoms. The molecule has 2 atom stereocenters. The summed E-state index contributed by atoms with van der Waals surface area (Å²) >= 11 is 0. The van der Waals surface area contributed by atoms with E-state index in [0.717, 1.165) is 6.42 Å². The highest BCUT2D eigenvalue weighted by Crippen LogP contribution is 2.20. The van der Waals surface area contributed by atoms with Gasteiger partial charge in [-0.25, -0.2) is 0 Å². The van der Waals surface area contributed by atoms with Crippen LogP contribution in [0.4, 0.5) is 0 Å². The van der Waals surface area contributed by atoms with E-state index in [-0.39, 0.29) is 17.6 Å². The Morgan fingerprint density at radius 2 is 2.00 bits per heavy atom. The van der Waals surface area contributed by atoms with E-state index >= 15 is 0 Å². The summed E-state index contributed by atoms with van der Waals surface area (Å²) < 4.78 is 0. The smallest absolute Gasteiger partial charge is 0.0669 e. The largest absolute Gasteiger partial charge is 0.392 e. The molecule has 0 radical (unpaired) electrons. The van der Waals surface area contributed by atoms with Crippen molar-refractivity contribution in [1.29, 1.82) is 0 Å². The molecule has 0 heterocycles. The van der Waals surface area contributed by atoms with E-state index in [0.29, 0.717) is 6.54 Å². The maximum absolute atomic E-state index is 9.63. The minimum absolute atomic E-state index is 0.193. The van der Waals surface area contributed by atoms with Gasteiger partial charge in [-0.15, -0.1) is 6.58 Å². The second-order valence-corrected chi connectivity index (χ2v) is 4.85. The van der Waals surface area contributed by atoms with E-state index in [1.165, 1.54) is 0 Å². The molecule has 0 bridgehead atoms. The molecule has 0 aromatic heterocycles. The van der Waals surface area contributed by atoms with Crippen molar-refractivity contribution in [1.82, 2.24) is 5.32 Å². The third kappa shape index (κ3) is 8.00. The summed E-state index contributed by atoms with van der Waals surface area (Å²) in [5.74, 6) is 0. The molecule has 0 rings (SSSR count). The van der Waals surface area contributed by atoms with E-state index in [9.17, 15) is 5.11 Å². The Morgan fingerprint density at radius 1 is 1.46 bits per heavy atom. The summed E-state index contributed by atoms with van der Waals surface area (Å²) in [5, 5.41) is 12.8. The van der Waals surface area contributed by atoms with Gasteiger partial charge in [0.05, 0.1) is 6.10 Å². The highest BCUT2D eigenvalue weighted by atomic mass is 16.3. The van der Waals surface area contributed by atoms with Crippen LogP contribution in [0.15, 0.2) is 12.7 Å². The van der Waals surface area contributed by atoms with Crippen molar-refractivity contribution in [2.75, 3.05) is 6.54 Å². The third-order valence-electron chi connectivity index (χ3n) is 1.88. The first-order valence-corrected chi connectivity index (χ1v) is 4.89. The first kappa shape index (κ1) is 12.7. The molecular formula is C11H23NO. The van der Waals surface area contributed by atoms with Gasteiger partial charge in [0.15, 0.2) is 0 Å². The maximum atomic E-state index is 9.63. The zero-order chi connectivity index (χ0) is 10.5. The summed E-state index contributed by atoms with van der Waals surface area (Å²) in [6, 6.07) is 0.273. The summed E-state index contributed by atoms with van der Waals surface area (Å²) in [4.78, 5) is 0. The van der Waals surface area contributed by atoms with Gasteiger partial charge >= 0.3 is 0 Å². The summed E-state index contributed by atoms with van der Waals surface area (Å²) in [5.41, 5.74) is 0.193. The maximum Gasteiger partial charge on any atom is 0.0669 e. The lowest BCUT2D eigenvalue weighted by Gasteiger charge is -2.23. The van der Waals surface area contributed by atoms with Crippen LogP contribution in [0, 0.1) is 5.41 Å². The Kier molecular flexibility index (Phi) is 5.26. The molecule has 0 fully saturated rings. The van der Waals surface area contributed by atoms with Gasteiger partial charge < -0.3 is 10.4 Å². The van der Waals surface area contributed by atoms with Crippen LogP contribution >= 0.6 is 0 Å². The van der Waals surface area contributed by atoms with E-state index < -0.39 is 0 Å². The van der Waals surface area contributed by atoms with E-state index in [1.54, 1.807) is 0 Å². The molecule has 0 aliphatic rings.